The molecular weight excluding hydrogens is 312 g/mol. The molecule has 26 heavy (non-hydrogen) atoms. The first-order valence-corrected chi connectivity index (χ1v) is 8.85. The predicted octanol–water partition coefficient (Wildman–Crippen LogP) is 6.54. The van der Waals surface area contributed by atoms with Crippen LogP contribution in [-0.4, -0.2) is 0 Å². The van der Waals surface area contributed by atoms with Gasteiger partial charge >= 0.3 is 0 Å². The highest BCUT2D eigenvalue weighted by atomic mass is 14.2. The largest absolute Gasteiger partial charge is 0.124 e. The van der Waals surface area contributed by atoms with Crippen LogP contribution in [0.2, 0.25) is 0 Å². The standard InChI is InChI=1S/2C12H10.C2H2/c1-3-9-4-2-6-11-8-7-10(5-1)12(9)11;1-3-7-11(8-4-1)12-9-5-2-6-10-12;1-2/h1-6H,7-8H2;1-10H;1-2H. The first-order valence-electron chi connectivity index (χ1n) is 8.85. The van der Waals surface area contributed by atoms with Gasteiger partial charge in [0.25, 0.3) is 0 Å². The summed E-state index contributed by atoms with van der Waals surface area (Å²) in [5, 5.41) is 2.92. The third-order valence-corrected chi connectivity index (χ3v) is 4.62. The smallest absolute Gasteiger partial charge is 0.0120 e. The van der Waals surface area contributed by atoms with Crippen LogP contribution in [0.15, 0.2) is 97.1 Å². The number of hydrogen-bond donors (Lipinski definition) is 0. The maximum atomic E-state index is 4.00. The summed E-state index contributed by atoms with van der Waals surface area (Å²) < 4.78 is 0. The summed E-state index contributed by atoms with van der Waals surface area (Å²) in [7, 11) is 0. The molecule has 0 atom stereocenters. The van der Waals surface area contributed by atoms with Crippen molar-refractivity contribution in [1.29, 1.82) is 0 Å². The lowest BCUT2D eigenvalue weighted by molar-refractivity contribution is 1.02. The lowest BCUT2D eigenvalue weighted by Crippen LogP contribution is -1.76. The number of rotatable bonds is 1. The molecule has 1 aliphatic rings. The molecule has 0 heteroatoms. The van der Waals surface area contributed by atoms with Gasteiger partial charge in [-0.05, 0) is 45.9 Å². The number of benzene rings is 4. The molecule has 0 N–H and O–H groups in total. The van der Waals surface area contributed by atoms with Crippen molar-refractivity contribution in [1.82, 2.24) is 0 Å². The molecule has 0 fully saturated rings. The molecule has 126 valence electrons. The van der Waals surface area contributed by atoms with E-state index in [1.54, 1.807) is 0 Å². The second kappa shape index (κ2) is 8.70. The van der Waals surface area contributed by atoms with Crippen molar-refractivity contribution >= 4 is 10.8 Å². The van der Waals surface area contributed by atoms with Crippen molar-refractivity contribution in [3.05, 3.63) is 108 Å². The van der Waals surface area contributed by atoms with E-state index in [2.05, 4.69) is 97.8 Å². The van der Waals surface area contributed by atoms with Gasteiger partial charge in [0.2, 0.25) is 0 Å². The molecule has 0 amide bonds. The molecule has 4 aromatic carbocycles. The van der Waals surface area contributed by atoms with Crippen molar-refractivity contribution in [3.63, 3.8) is 0 Å². The molecule has 0 bridgehead atoms. The van der Waals surface area contributed by atoms with Gasteiger partial charge in [-0.2, -0.15) is 0 Å². The summed E-state index contributed by atoms with van der Waals surface area (Å²) in [4.78, 5) is 0. The van der Waals surface area contributed by atoms with Crippen LogP contribution in [0.25, 0.3) is 21.9 Å². The predicted molar refractivity (Wildman–Crippen MR) is 113 cm³/mol. The first-order chi connectivity index (χ1) is 12.9. The van der Waals surface area contributed by atoms with Crippen molar-refractivity contribution in [2.45, 2.75) is 12.8 Å². The van der Waals surface area contributed by atoms with Crippen LogP contribution in [-0.2, 0) is 12.8 Å². The molecule has 0 heterocycles. The molecule has 0 saturated heterocycles. The van der Waals surface area contributed by atoms with E-state index in [-0.39, 0.29) is 0 Å². The average Bonchev–Trinajstić information content (AvgIpc) is 3.17. The van der Waals surface area contributed by atoms with Crippen molar-refractivity contribution in [3.8, 4) is 24.0 Å². The van der Waals surface area contributed by atoms with Crippen LogP contribution in [0.4, 0.5) is 0 Å². The second-order valence-corrected chi connectivity index (χ2v) is 6.16. The molecule has 0 radical (unpaired) electrons. The minimum absolute atomic E-state index is 1.23. The SMILES string of the molecule is C#C.c1cc2c3c(cccc3c1)CC2.c1ccc(-c2ccccc2)cc1. The van der Waals surface area contributed by atoms with Gasteiger partial charge in [-0.25, -0.2) is 0 Å². The molecule has 0 spiro atoms. The Kier molecular flexibility index (Phi) is 5.86. The fourth-order valence-corrected chi connectivity index (χ4v) is 3.45. The average molecular weight is 334 g/mol. The lowest BCUT2D eigenvalue weighted by atomic mass is 10.1. The van der Waals surface area contributed by atoms with Gasteiger partial charge in [-0.1, -0.05) is 97.1 Å². The maximum absolute atomic E-state index is 4.00. The molecule has 0 aromatic heterocycles. The van der Waals surface area contributed by atoms with E-state index in [9.17, 15) is 0 Å². The Balaban J connectivity index is 0.000000138. The zero-order chi connectivity index (χ0) is 18.2. The number of hydrogen-bond acceptors (Lipinski definition) is 0. The highest BCUT2D eigenvalue weighted by Gasteiger charge is 2.11. The lowest BCUT2D eigenvalue weighted by Gasteiger charge is -1.99. The zero-order valence-corrected chi connectivity index (χ0v) is 14.8. The summed E-state index contributed by atoms with van der Waals surface area (Å²) >= 11 is 0. The third kappa shape index (κ3) is 3.85. The monoisotopic (exact) mass is 334 g/mol. The summed E-state index contributed by atoms with van der Waals surface area (Å²) in [6, 6.07) is 34.0. The Morgan fingerprint density at radius 1 is 0.462 bits per heavy atom. The Hall–Kier alpha value is -3.30. The van der Waals surface area contributed by atoms with Gasteiger partial charge in [0.1, 0.15) is 0 Å². The fraction of sp³-hybridized carbons (Fsp3) is 0.0769. The quantitative estimate of drug-likeness (QED) is 0.347. The highest BCUT2D eigenvalue weighted by Crippen LogP contribution is 2.29. The number of aryl methyl sites for hydroxylation is 2. The Morgan fingerprint density at radius 2 is 0.885 bits per heavy atom. The molecular formula is C26H22. The third-order valence-electron chi connectivity index (χ3n) is 4.62. The van der Waals surface area contributed by atoms with Gasteiger partial charge in [-0.3, -0.25) is 0 Å². The minimum Gasteiger partial charge on any atom is -0.124 e. The van der Waals surface area contributed by atoms with E-state index >= 15 is 0 Å². The van der Waals surface area contributed by atoms with E-state index in [4.69, 9.17) is 0 Å². The summed E-state index contributed by atoms with van der Waals surface area (Å²) in [5.41, 5.74) is 5.61. The van der Waals surface area contributed by atoms with Gasteiger partial charge in [0, 0.05) is 0 Å². The van der Waals surface area contributed by atoms with Crippen LogP contribution >= 0.6 is 0 Å². The molecule has 0 unspecified atom stereocenters. The topological polar surface area (TPSA) is 0 Å². The Bertz CT molecular complexity index is 903. The highest BCUT2D eigenvalue weighted by molar-refractivity contribution is 5.90. The van der Waals surface area contributed by atoms with Crippen LogP contribution in [0, 0.1) is 12.8 Å². The van der Waals surface area contributed by atoms with Crippen molar-refractivity contribution < 1.29 is 0 Å². The van der Waals surface area contributed by atoms with E-state index in [1.807, 2.05) is 12.1 Å². The molecule has 0 nitrogen and oxygen atoms in total. The zero-order valence-electron chi connectivity index (χ0n) is 14.8. The maximum Gasteiger partial charge on any atom is -0.0120 e. The normalized spacial score (nSPS) is 11.0. The number of terminal acetylenes is 1. The molecule has 1 aliphatic carbocycles. The summed E-state index contributed by atoms with van der Waals surface area (Å²) in [6.45, 7) is 0. The molecule has 5 rings (SSSR count). The van der Waals surface area contributed by atoms with E-state index < -0.39 is 0 Å². The summed E-state index contributed by atoms with van der Waals surface area (Å²) in [5.74, 6) is 0. The second-order valence-electron chi connectivity index (χ2n) is 6.16. The molecule has 0 aliphatic heterocycles. The van der Waals surface area contributed by atoms with Gasteiger partial charge in [0.05, 0.1) is 0 Å². The van der Waals surface area contributed by atoms with Gasteiger partial charge < -0.3 is 0 Å². The van der Waals surface area contributed by atoms with Crippen LogP contribution in [0.3, 0.4) is 0 Å². The van der Waals surface area contributed by atoms with E-state index in [0.29, 0.717) is 0 Å². The fourth-order valence-electron chi connectivity index (χ4n) is 3.45. The van der Waals surface area contributed by atoms with Crippen molar-refractivity contribution in [2.24, 2.45) is 0 Å². The Labute approximate surface area is 156 Å². The Morgan fingerprint density at radius 3 is 1.31 bits per heavy atom. The van der Waals surface area contributed by atoms with Crippen LogP contribution in [0.5, 0.6) is 0 Å². The van der Waals surface area contributed by atoms with E-state index in [1.165, 1.54) is 45.9 Å². The van der Waals surface area contributed by atoms with Crippen LogP contribution in [0.1, 0.15) is 11.1 Å². The molecule has 4 aromatic rings. The summed E-state index contributed by atoms with van der Waals surface area (Å²) in [6.07, 6.45) is 10.5. The van der Waals surface area contributed by atoms with Crippen molar-refractivity contribution in [2.75, 3.05) is 0 Å². The minimum atomic E-state index is 1.23. The molecule has 0 saturated carbocycles. The van der Waals surface area contributed by atoms with E-state index in [0.717, 1.165) is 0 Å². The first kappa shape index (κ1) is 17.5. The van der Waals surface area contributed by atoms with Crippen LogP contribution < -0.4 is 0 Å². The van der Waals surface area contributed by atoms with Gasteiger partial charge in [0.15, 0.2) is 0 Å². The van der Waals surface area contributed by atoms with Gasteiger partial charge in [-0.15, -0.1) is 12.8 Å².